The zero-order valence-corrected chi connectivity index (χ0v) is 11.2. The summed E-state index contributed by atoms with van der Waals surface area (Å²) in [4.78, 5) is 8.11. The SMILES string of the molecule is CCCCc1ccccc1-c1nc2ccccc2[nH]1. The van der Waals surface area contributed by atoms with E-state index >= 15 is 0 Å². The zero-order chi connectivity index (χ0) is 13.1. The van der Waals surface area contributed by atoms with E-state index in [-0.39, 0.29) is 0 Å². The first-order valence-corrected chi connectivity index (χ1v) is 6.91. The summed E-state index contributed by atoms with van der Waals surface area (Å²) in [5, 5.41) is 0. The predicted molar refractivity (Wildman–Crippen MR) is 80.1 cm³/mol. The van der Waals surface area contributed by atoms with Crippen LogP contribution in [0.5, 0.6) is 0 Å². The van der Waals surface area contributed by atoms with Gasteiger partial charge in [-0.3, -0.25) is 0 Å². The lowest BCUT2D eigenvalue weighted by Crippen LogP contribution is -1.91. The highest BCUT2D eigenvalue weighted by Gasteiger charge is 2.08. The first-order valence-electron chi connectivity index (χ1n) is 6.91. The van der Waals surface area contributed by atoms with Gasteiger partial charge >= 0.3 is 0 Å². The minimum atomic E-state index is 0.980. The Kier molecular flexibility index (Phi) is 3.32. The van der Waals surface area contributed by atoms with Gasteiger partial charge < -0.3 is 4.98 Å². The maximum Gasteiger partial charge on any atom is 0.138 e. The second kappa shape index (κ2) is 5.27. The van der Waals surface area contributed by atoms with Crippen LogP contribution in [0.15, 0.2) is 48.5 Å². The van der Waals surface area contributed by atoms with E-state index < -0.39 is 0 Å². The molecule has 0 spiro atoms. The number of imidazole rings is 1. The Bertz CT molecular complexity index is 649. The number of fused-ring (bicyclic) bond motifs is 1. The van der Waals surface area contributed by atoms with Gasteiger partial charge in [0.25, 0.3) is 0 Å². The van der Waals surface area contributed by atoms with Crippen molar-refractivity contribution in [2.24, 2.45) is 0 Å². The lowest BCUT2D eigenvalue weighted by molar-refractivity contribution is 0.795. The van der Waals surface area contributed by atoms with Gasteiger partial charge in [-0.2, -0.15) is 0 Å². The maximum absolute atomic E-state index is 4.70. The molecule has 1 aromatic heterocycles. The standard InChI is InChI=1S/C17H18N2/c1-2-3-8-13-9-4-5-10-14(13)17-18-15-11-6-7-12-16(15)19-17/h4-7,9-12H,2-3,8H2,1H3,(H,18,19). The number of nitrogens with zero attached hydrogens (tertiary/aromatic N) is 1. The number of unbranched alkanes of at least 4 members (excludes halogenated alkanes) is 1. The summed E-state index contributed by atoms with van der Waals surface area (Å²) in [5.41, 5.74) is 4.74. The third-order valence-corrected chi connectivity index (χ3v) is 3.46. The summed E-state index contributed by atoms with van der Waals surface area (Å²) in [5.74, 6) is 0.980. The summed E-state index contributed by atoms with van der Waals surface area (Å²) in [7, 11) is 0. The Balaban J connectivity index is 2.05. The molecule has 0 saturated heterocycles. The molecule has 3 rings (SSSR count). The monoisotopic (exact) mass is 250 g/mol. The van der Waals surface area contributed by atoms with Gasteiger partial charge in [0.2, 0.25) is 0 Å². The van der Waals surface area contributed by atoms with Crippen LogP contribution in [-0.4, -0.2) is 9.97 Å². The van der Waals surface area contributed by atoms with Crippen LogP contribution in [0.3, 0.4) is 0 Å². The molecule has 2 heteroatoms. The predicted octanol–water partition coefficient (Wildman–Crippen LogP) is 4.57. The number of H-pyrrole nitrogens is 1. The van der Waals surface area contributed by atoms with E-state index in [2.05, 4.69) is 42.2 Å². The van der Waals surface area contributed by atoms with Crippen molar-refractivity contribution in [1.29, 1.82) is 0 Å². The van der Waals surface area contributed by atoms with Crippen molar-refractivity contribution < 1.29 is 0 Å². The normalized spacial score (nSPS) is 11.0. The molecule has 0 bridgehead atoms. The van der Waals surface area contributed by atoms with Crippen LogP contribution in [0.4, 0.5) is 0 Å². The summed E-state index contributed by atoms with van der Waals surface area (Å²) in [6.45, 7) is 2.23. The Morgan fingerprint density at radius 2 is 1.79 bits per heavy atom. The second-order valence-corrected chi connectivity index (χ2v) is 4.86. The number of hydrogen-bond donors (Lipinski definition) is 1. The molecule has 19 heavy (non-hydrogen) atoms. The maximum atomic E-state index is 4.70. The highest BCUT2D eigenvalue weighted by atomic mass is 14.9. The van der Waals surface area contributed by atoms with E-state index in [1.807, 2.05) is 18.2 Å². The summed E-state index contributed by atoms with van der Waals surface area (Å²) in [6, 6.07) is 16.7. The largest absolute Gasteiger partial charge is 0.338 e. The van der Waals surface area contributed by atoms with Gasteiger partial charge in [-0.1, -0.05) is 49.7 Å². The second-order valence-electron chi connectivity index (χ2n) is 4.86. The molecule has 0 radical (unpaired) electrons. The number of para-hydroxylation sites is 2. The minimum absolute atomic E-state index is 0.980. The fourth-order valence-electron chi connectivity index (χ4n) is 2.42. The Morgan fingerprint density at radius 1 is 1.00 bits per heavy atom. The van der Waals surface area contributed by atoms with Crippen molar-refractivity contribution in [2.45, 2.75) is 26.2 Å². The van der Waals surface area contributed by atoms with Crippen LogP contribution < -0.4 is 0 Å². The molecular weight excluding hydrogens is 232 g/mol. The highest BCUT2D eigenvalue weighted by molar-refractivity contribution is 5.79. The molecule has 2 aromatic carbocycles. The smallest absolute Gasteiger partial charge is 0.138 e. The molecule has 2 nitrogen and oxygen atoms in total. The molecule has 0 aliphatic heterocycles. The van der Waals surface area contributed by atoms with Gasteiger partial charge in [0, 0.05) is 5.56 Å². The van der Waals surface area contributed by atoms with Crippen molar-refractivity contribution in [1.82, 2.24) is 9.97 Å². The van der Waals surface area contributed by atoms with E-state index in [1.54, 1.807) is 0 Å². The van der Waals surface area contributed by atoms with Gasteiger partial charge in [-0.15, -0.1) is 0 Å². The van der Waals surface area contributed by atoms with E-state index in [1.165, 1.54) is 24.0 Å². The fourth-order valence-corrected chi connectivity index (χ4v) is 2.42. The third-order valence-electron chi connectivity index (χ3n) is 3.46. The summed E-state index contributed by atoms with van der Waals surface area (Å²) < 4.78 is 0. The molecule has 3 aromatic rings. The van der Waals surface area contributed by atoms with Gasteiger partial charge in [0.15, 0.2) is 0 Å². The number of aromatic amines is 1. The molecule has 0 saturated carbocycles. The van der Waals surface area contributed by atoms with Crippen LogP contribution in [0.1, 0.15) is 25.3 Å². The van der Waals surface area contributed by atoms with Crippen molar-refractivity contribution in [3.05, 3.63) is 54.1 Å². The fraction of sp³-hybridized carbons (Fsp3) is 0.235. The zero-order valence-electron chi connectivity index (χ0n) is 11.2. The number of rotatable bonds is 4. The molecule has 0 fully saturated rings. The number of benzene rings is 2. The average molecular weight is 250 g/mol. The minimum Gasteiger partial charge on any atom is -0.338 e. The number of aromatic nitrogens is 2. The van der Waals surface area contributed by atoms with E-state index in [9.17, 15) is 0 Å². The van der Waals surface area contributed by atoms with Crippen molar-refractivity contribution in [3.63, 3.8) is 0 Å². The third kappa shape index (κ3) is 2.39. The van der Waals surface area contributed by atoms with Gasteiger partial charge in [-0.25, -0.2) is 4.98 Å². The summed E-state index contributed by atoms with van der Waals surface area (Å²) >= 11 is 0. The van der Waals surface area contributed by atoms with Crippen LogP contribution in [0, 0.1) is 0 Å². The molecule has 96 valence electrons. The molecule has 1 N–H and O–H groups in total. The van der Waals surface area contributed by atoms with E-state index in [0.29, 0.717) is 0 Å². The topological polar surface area (TPSA) is 28.7 Å². The summed E-state index contributed by atoms with van der Waals surface area (Å²) in [6.07, 6.45) is 3.55. The van der Waals surface area contributed by atoms with Crippen LogP contribution in [-0.2, 0) is 6.42 Å². The van der Waals surface area contributed by atoms with Crippen LogP contribution in [0.2, 0.25) is 0 Å². The van der Waals surface area contributed by atoms with Crippen molar-refractivity contribution >= 4 is 11.0 Å². The molecule has 1 heterocycles. The van der Waals surface area contributed by atoms with E-state index in [0.717, 1.165) is 23.3 Å². The lowest BCUT2D eigenvalue weighted by Gasteiger charge is -2.06. The van der Waals surface area contributed by atoms with Crippen LogP contribution >= 0.6 is 0 Å². The van der Waals surface area contributed by atoms with E-state index in [4.69, 9.17) is 4.98 Å². The quantitative estimate of drug-likeness (QED) is 0.721. The molecular formula is C17H18N2. The Hall–Kier alpha value is -2.09. The molecule has 0 amide bonds. The average Bonchev–Trinajstić information content (AvgIpc) is 2.89. The first-order chi connectivity index (χ1) is 9.38. The lowest BCUT2D eigenvalue weighted by atomic mass is 10.0. The Labute approximate surface area is 113 Å². The van der Waals surface area contributed by atoms with Crippen LogP contribution in [0.25, 0.3) is 22.4 Å². The number of nitrogens with one attached hydrogen (secondary N) is 1. The van der Waals surface area contributed by atoms with Gasteiger partial charge in [-0.05, 0) is 30.5 Å². The number of hydrogen-bond acceptors (Lipinski definition) is 1. The molecule has 0 atom stereocenters. The molecule has 0 unspecified atom stereocenters. The molecule has 0 aliphatic rings. The van der Waals surface area contributed by atoms with Crippen molar-refractivity contribution in [2.75, 3.05) is 0 Å². The highest BCUT2D eigenvalue weighted by Crippen LogP contribution is 2.24. The first kappa shape index (κ1) is 12.0. The molecule has 0 aliphatic carbocycles. The number of aryl methyl sites for hydroxylation is 1. The van der Waals surface area contributed by atoms with Gasteiger partial charge in [0.05, 0.1) is 11.0 Å². The Morgan fingerprint density at radius 3 is 2.63 bits per heavy atom. The van der Waals surface area contributed by atoms with Crippen molar-refractivity contribution in [3.8, 4) is 11.4 Å². The van der Waals surface area contributed by atoms with Gasteiger partial charge in [0.1, 0.15) is 5.82 Å².